The van der Waals surface area contributed by atoms with E-state index in [0.717, 1.165) is 28.3 Å². The predicted octanol–water partition coefficient (Wildman–Crippen LogP) is 2.16. The summed E-state index contributed by atoms with van der Waals surface area (Å²) in [6.07, 6.45) is 1.26. The Balaban J connectivity index is 2.68. The minimum absolute atomic E-state index is 0.386. The maximum absolute atomic E-state index is 10.4. The van der Waals surface area contributed by atoms with Crippen LogP contribution in [0, 0.1) is 0 Å². The number of fused-ring (bicyclic) bond motifs is 1. The predicted molar refractivity (Wildman–Crippen MR) is 58.1 cm³/mol. The van der Waals surface area contributed by atoms with E-state index in [9.17, 15) is 4.79 Å². The molecule has 0 heterocycles. The maximum Gasteiger partial charge on any atom is 0.124 e. The Labute approximate surface area is 82.3 Å². The highest BCUT2D eigenvalue weighted by Gasteiger charge is 2.02. The fourth-order valence-electron chi connectivity index (χ4n) is 1.61. The van der Waals surface area contributed by atoms with Crippen LogP contribution in [0.15, 0.2) is 36.4 Å². The molecule has 0 unspecified atom stereocenters. The van der Waals surface area contributed by atoms with Gasteiger partial charge in [0, 0.05) is 17.5 Å². The molecule has 2 rings (SSSR count). The Hall–Kier alpha value is -1.83. The molecule has 0 radical (unpaired) electrons. The lowest BCUT2D eigenvalue weighted by atomic mass is 10.0. The molecule has 14 heavy (non-hydrogen) atoms. The van der Waals surface area contributed by atoms with Crippen LogP contribution in [0.2, 0.25) is 0 Å². The first-order valence-electron chi connectivity index (χ1n) is 4.52. The first kappa shape index (κ1) is 8.75. The van der Waals surface area contributed by atoms with Gasteiger partial charge in [-0.15, -0.1) is 0 Å². The average molecular weight is 185 g/mol. The van der Waals surface area contributed by atoms with Crippen molar-refractivity contribution >= 4 is 22.7 Å². The molecule has 0 bridgehead atoms. The number of aldehydes is 1. The number of hydrogen-bond donors (Lipinski definition) is 1. The Kier molecular flexibility index (Phi) is 2.19. The number of carbonyl (C=O) groups excluding carboxylic acids is 1. The summed E-state index contributed by atoms with van der Waals surface area (Å²) in [5, 5.41) is 2.13. The summed E-state index contributed by atoms with van der Waals surface area (Å²) in [5.74, 6) is 0. The van der Waals surface area contributed by atoms with Crippen molar-refractivity contribution in [2.75, 3.05) is 5.73 Å². The highest BCUT2D eigenvalue weighted by atomic mass is 16.1. The van der Waals surface area contributed by atoms with Crippen LogP contribution < -0.4 is 5.73 Å². The van der Waals surface area contributed by atoms with E-state index in [1.165, 1.54) is 0 Å². The van der Waals surface area contributed by atoms with E-state index < -0.39 is 0 Å². The van der Waals surface area contributed by atoms with Crippen molar-refractivity contribution in [3.05, 3.63) is 42.0 Å². The summed E-state index contributed by atoms with van der Waals surface area (Å²) in [6.45, 7) is 0. The SMILES string of the molecule is Nc1c(CC=O)ccc2ccccc12. The van der Waals surface area contributed by atoms with Gasteiger partial charge in [-0.05, 0) is 10.9 Å². The van der Waals surface area contributed by atoms with Crippen molar-refractivity contribution in [2.45, 2.75) is 6.42 Å². The second-order valence-corrected chi connectivity index (χ2v) is 3.23. The van der Waals surface area contributed by atoms with E-state index >= 15 is 0 Å². The fourth-order valence-corrected chi connectivity index (χ4v) is 1.61. The van der Waals surface area contributed by atoms with Crippen LogP contribution in [0.4, 0.5) is 5.69 Å². The summed E-state index contributed by atoms with van der Waals surface area (Å²) in [4.78, 5) is 10.4. The van der Waals surface area contributed by atoms with Crippen LogP contribution in [0.1, 0.15) is 5.56 Å². The van der Waals surface area contributed by atoms with Crippen molar-refractivity contribution in [1.29, 1.82) is 0 Å². The van der Waals surface area contributed by atoms with Gasteiger partial charge >= 0.3 is 0 Å². The van der Waals surface area contributed by atoms with Crippen molar-refractivity contribution in [2.24, 2.45) is 0 Å². The van der Waals surface area contributed by atoms with Gasteiger partial charge in [0.2, 0.25) is 0 Å². The van der Waals surface area contributed by atoms with Gasteiger partial charge in [-0.2, -0.15) is 0 Å². The van der Waals surface area contributed by atoms with Crippen LogP contribution in [-0.4, -0.2) is 6.29 Å². The largest absolute Gasteiger partial charge is 0.398 e. The summed E-state index contributed by atoms with van der Waals surface area (Å²) in [6, 6.07) is 11.8. The van der Waals surface area contributed by atoms with Crippen molar-refractivity contribution in [1.82, 2.24) is 0 Å². The lowest BCUT2D eigenvalue weighted by Gasteiger charge is -2.06. The molecular formula is C12H11NO. The molecular weight excluding hydrogens is 174 g/mol. The second kappa shape index (κ2) is 3.50. The highest BCUT2D eigenvalue weighted by molar-refractivity contribution is 5.95. The van der Waals surface area contributed by atoms with Gasteiger partial charge in [0.25, 0.3) is 0 Å². The third-order valence-electron chi connectivity index (χ3n) is 2.36. The molecule has 0 aliphatic heterocycles. The average Bonchev–Trinajstić information content (AvgIpc) is 2.23. The summed E-state index contributed by atoms with van der Waals surface area (Å²) in [7, 11) is 0. The topological polar surface area (TPSA) is 43.1 Å². The van der Waals surface area contributed by atoms with Crippen LogP contribution in [0.3, 0.4) is 0 Å². The van der Waals surface area contributed by atoms with Gasteiger partial charge in [-0.1, -0.05) is 36.4 Å². The van der Waals surface area contributed by atoms with E-state index in [2.05, 4.69) is 0 Å². The second-order valence-electron chi connectivity index (χ2n) is 3.23. The standard InChI is InChI=1S/C12H11NO/c13-12-10(7-8-14)6-5-9-3-1-2-4-11(9)12/h1-6,8H,7,13H2. The Morgan fingerprint density at radius 3 is 2.71 bits per heavy atom. The Morgan fingerprint density at radius 2 is 1.93 bits per heavy atom. The van der Waals surface area contributed by atoms with Gasteiger partial charge < -0.3 is 10.5 Å². The van der Waals surface area contributed by atoms with Crippen LogP contribution >= 0.6 is 0 Å². The smallest absolute Gasteiger partial charge is 0.124 e. The zero-order valence-electron chi connectivity index (χ0n) is 7.73. The van der Waals surface area contributed by atoms with E-state index in [0.29, 0.717) is 6.42 Å². The van der Waals surface area contributed by atoms with Gasteiger partial charge in [-0.25, -0.2) is 0 Å². The van der Waals surface area contributed by atoms with Gasteiger partial charge in [0.1, 0.15) is 6.29 Å². The maximum atomic E-state index is 10.4. The highest BCUT2D eigenvalue weighted by Crippen LogP contribution is 2.24. The van der Waals surface area contributed by atoms with Crippen molar-refractivity contribution in [3.63, 3.8) is 0 Å². The van der Waals surface area contributed by atoms with Crippen LogP contribution in [0.5, 0.6) is 0 Å². The number of carbonyl (C=O) groups is 1. The number of hydrogen-bond acceptors (Lipinski definition) is 2. The molecule has 0 fully saturated rings. The molecule has 0 saturated carbocycles. The minimum Gasteiger partial charge on any atom is -0.398 e. The molecule has 2 nitrogen and oxygen atoms in total. The molecule has 0 saturated heterocycles. The summed E-state index contributed by atoms with van der Waals surface area (Å²) >= 11 is 0. The van der Waals surface area contributed by atoms with Crippen molar-refractivity contribution < 1.29 is 4.79 Å². The van der Waals surface area contributed by atoms with Crippen LogP contribution in [-0.2, 0) is 11.2 Å². The molecule has 0 spiro atoms. The van der Waals surface area contributed by atoms with Crippen molar-refractivity contribution in [3.8, 4) is 0 Å². The van der Waals surface area contributed by atoms with E-state index in [1.807, 2.05) is 36.4 Å². The molecule has 0 atom stereocenters. The normalized spacial score (nSPS) is 10.3. The molecule has 70 valence electrons. The fraction of sp³-hybridized carbons (Fsp3) is 0.0833. The number of benzene rings is 2. The quantitative estimate of drug-likeness (QED) is 0.575. The van der Waals surface area contributed by atoms with Gasteiger partial charge in [0.05, 0.1) is 0 Å². The molecule has 0 aliphatic rings. The number of nitrogen functional groups attached to an aromatic ring is 1. The van der Waals surface area contributed by atoms with Crippen LogP contribution in [0.25, 0.3) is 10.8 Å². The zero-order chi connectivity index (χ0) is 9.97. The molecule has 0 aromatic heterocycles. The molecule has 0 amide bonds. The van der Waals surface area contributed by atoms with E-state index in [1.54, 1.807) is 0 Å². The van der Waals surface area contributed by atoms with Gasteiger partial charge in [-0.3, -0.25) is 0 Å². The third kappa shape index (κ3) is 1.35. The first-order valence-corrected chi connectivity index (χ1v) is 4.52. The minimum atomic E-state index is 0.386. The Morgan fingerprint density at radius 1 is 1.14 bits per heavy atom. The van der Waals surface area contributed by atoms with E-state index in [4.69, 9.17) is 5.73 Å². The molecule has 2 heteroatoms. The third-order valence-corrected chi connectivity index (χ3v) is 2.36. The lowest BCUT2D eigenvalue weighted by molar-refractivity contribution is -0.107. The molecule has 0 aliphatic carbocycles. The Bertz CT molecular complexity index is 477. The van der Waals surface area contributed by atoms with Gasteiger partial charge in [0.15, 0.2) is 0 Å². The molecule has 2 N–H and O–H groups in total. The first-order chi connectivity index (χ1) is 6.83. The summed E-state index contributed by atoms with van der Waals surface area (Å²) in [5.41, 5.74) is 7.57. The monoisotopic (exact) mass is 185 g/mol. The lowest BCUT2D eigenvalue weighted by Crippen LogP contribution is -1.96. The van der Waals surface area contributed by atoms with E-state index in [-0.39, 0.29) is 0 Å². The summed E-state index contributed by atoms with van der Waals surface area (Å²) < 4.78 is 0. The molecule has 2 aromatic rings. The zero-order valence-corrected chi connectivity index (χ0v) is 7.73. The number of nitrogens with two attached hydrogens (primary N) is 1. The number of anilines is 1. The molecule has 2 aromatic carbocycles. The number of rotatable bonds is 2.